The van der Waals surface area contributed by atoms with Gasteiger partial charge in [-0.15, -0.1) is 12.3 Å². The molecule has 0 atom stereocenters. The highest BCUT2D eigenvalue weighted by Gasteiger charge is 2.52. The average Bonchev–Trinajstić information content (AvgIpc) is 4.23. The van der Waals surface area contributed by atoms with Gasteiger partial charge in [0.2, 0.25) is 20.0 Å². The molecule has 0 amide bonds. The van der Waals surface area contributed by atoms with Gasteiger partial charge in [-0.25, -0.2) is 22.8 Å². The van der Waals surface area contributed by atoms with Crippen LogP contribution in [-0.4, -0.2) is 202 Å². The molecule has 9 rings (SSSR count). The second-order valence-corrected chi connectivity index (χ2v) is 23.9. The normalized spacial score (nSPS) is 20.3. The summed E-state index contributed by atoms with van der Waals surface area (Å²) in [6, 6.07) is 12.1. The number of carbonyl (C=O) groups is 3. The molecule has 7 aliphatic rings. The first kappa shape index (κ1) is 66.5. The molecule has 2 aromatic carbocycles. The van der Waals surface area contributed by atoms with Crippen molar-refractivity contribution < 1.29 is 60.5 Å². The number of sulfonamides is 2. The van der Waals surface area contributed by atoms with E-state index >= 15 is 0 Å². The van der Waals surface area contributed by atoms with E-state index < -0.39 is 45.6 Å². The minimum absolute atomic E-state index is 0.0641. The minimum atomic E-state index is -3.71. The third-order valence-electron chi connectivity index (χ3n) is 14.9. The van der Waals surface area contributed by atoms with E-state index in [1.165, 1.54) is 58.9 Å². The maximum Gasteiger partial charge on any atom is 0.376 e. The summed E-state index contributed by atoms with van der Waals surface area (Å²) in [5.74, 6) is 21.5. The van der Waals surface area contributed by atoms with Crippen LogP contribution in [0.2, 0.25) is 20.5 Å². The van der Waals surface area contributed by atoms with Gasteiger partial charge in [0.25, 0.3) is 0 Å². The Morgan fingerprint density at radius 2 is 0.963 bits per heavy atom. The lowest BCUT2D eigenvalue weighted by Crippen LogP contribution is -2.56. The molecule has 434 valence electrons. The summed E-state index contributed by atoms with van der Waals surface area (Å²) < 4.78 is 72.4. The van der Waals surface area contributed by atoms with Crippen molar-refractivity contribution in [3.05, 3.63) is 66.6 Å². The second-order valence-electron chi connectivity index (χ2n) is 20.2. The van der Waals surface area contributed by atoms with Crippen LogP contribution in [0, 0.1) is 66.6 Å². The molecule has 0 unspecified atom stereocenters. The van der Waals surface area contributed by atoms with E-state index in [1.54, 1.807) is 25.8 Å². The van der Waals surface area contributed by atoms with E-state index in [2.05, 4.69) is 75.7 Å². The number of hydrogen-bond acceptors (Lipinski definition) is 18. The summed E-state index contributed by atoms with van der Waals surface area (Å²) in [6.45, 7) is 20.6. The number of benzene rings is 2. The lowest BCUT2D eigenvalue weighted by Gasteiger charge is -2.43. The first-order valence-corrected chi connectivity index (χ1v) is 30.1. The van der Waals surface area contributed by atoms with Crippen molar-refractivity contribution in [1.82, 2.24) is 33.7 Å². The number of ketones is 3. The average molecular weight is 1150 g/mol. The molecular formula is C56H75B3N7O13S2-. The highest BCUT2D eigenvalue weighted by Crippen LogP contribution is 2.39. The van der Waals surface area contributed by atoms with Crippen molar-refractivity contribution in [2.75, 3.05) is 91.8 Å². The number of nitrogens with one attached hydrogen (secondary N) is 2. The maximum absolute atomic E-state index is 13.1. The number of carbonyl (C=O) groups excluding carboxylic acids is 3. The van der Waals surface area contributed by atoms with Gasteiger partial charge in [0.15, 0.2) is 11.6 Å². The number of nitrogens with zero attached hydrogens (tertiary/aromatic N) is 5. The molecule has 7 heterocycles. The molecule has 81 heavy (non-hydrogen) atoms. The van der Waals surface area contributed by atoms with Crippen molar-refractivity contribution in [2.45, 2.75) is 113 Å². The van der Waals surface area contributed by atoms with Crippen LogP contribution >= 0.6 is 0 Å². The van der Waals surface area contributed by atoms with Gasteiger partial charge in [0, 0.05) is 82.1 Å². The molecule has 0 aromatic heterocycles. The molecule has 0 saturated carbocycles. The first-order chi connectivity index (χ1) is 38.5. The van der Waals surface area contributed by atoms with E-state index in [0.29, 0.717) is 94.8 Å². The predicted molar refractivity (Wildman–Crippen MR) is 311 cm³/mol. The van der Waals surface area contributed by atoms with Crippen LogP contribution < -0.4 is 10.6 Å². The summed E-state index contributed by atoms with van der Waals surface area (Å²) in [7, 11) is -8.60. The van der Waals surface area contributed by atoms with Gasteiger partial charge >= 0.3 is 21.2 Å². The lowest BCUT2D eigenvalue weighted by molar-refractivity contribution is -0.120. The molecule has 20 nitrogen and oxygen atoms in total. The van der Waals surface area contributed by atoms with E-state index in [9.17, 15) is 41.3 Å². The molecule has 7 aliphatic heterocycles. The molecule has 0 radical (unpaired) electrons. The van der Waals surface area contributed by atoms with E-state index in [4.69, 9.17) is 25.7 Å². The zero-order chi connectivity index (χ0) is 59.3. The summed E-state index contributed by atoms with van der Waals surface area (Å²) in [5.41, 5.74) is -0.636. The largest absolute Gasteiger partial charge is 0.437 e. The predicted octanol–water partition coefficient (Wildman–Crippen LogP) is 1.54. The SMILES string of the molecule is C#CC#CC#CC#CC#C[CH2-].CB(O)N1CCC(=O)CC1.CB(O)N1CCC2(CC1)NCCO2.CB(O)N1CCC2(CC1)OCCN2S(=O)(=O)c1ccc(C(C)=O)cc1.CC(=O)c1ccc(S(=O)(=O)N2CCOC23CCNCC3)cc1. The van der Waals surface area contributed by atoms with Crippen LogP contribution in [0.25, 0.3) is 0 Å². The summed E-state index contributed by atoms with van der Waals surface area (Å²) >= 11 is 0. The number of hydrogen-bond donors (Lipinski definition) is 5. The van der Waals surface area contributed by atoms with Crippen molar-refractivity contribution in [3.63, 3.8) is 0 Å². The number of ether oxygens (including phenoxy) is 3. The van der Waals surface area contributed by atoms with Crippen molar-refractivity contribution in [3.8, 4) is 59.7 Å². The second kappa shape index (κ2) is 31.4. The summed E-state index contributed by atoms with van der Waals surface area (Å²) in [6.07, 6.45) is 10.3. The quantitative estimate of drug-likeness (QED) is 0.103. The third-order valence-corrected chi connectivity index (χ3v) is 18.8. The molecule has 7 saturated heterocycles. The van der Waals surface area contributed by atoms with Crippen molar-refractivity contribution >= 4 is 58.5 Å². The molecule has 3 spiro atoms. The monoisotopic (exact) mass is 1150 g/mol. The number of rotatable bonds is 9. The molecule has 7 fully saturated rings. The van der Waals surface area contributed by atoms with Gasteiger partial charge < -0.3 is 49.0 Å². The maximum atomic E-state index is 13.1. The third kappa shape index (κ3) is 18.6. The zero-order valence-electron chi connectivity index (χ0n) is 47.2. The standard InChI is InChI=1S/C16H23BN2O5S.C15H20N2O4S.C11H3.C8H17BN2O2.C6H12BNO2/c1-13(20)14-3-5-15(6-4-14)25(22,23)19-11-12-24-16(19)7-9-18(10-8-16)17(2)21;1-12(18)13-2-4-14(5-3-13)22(19,20)17-10-11-21-15(17)6-8-16-9-7-15;1-3-5-7-9-11-10-8-6-4-2;1-9(12)11-5-2-8(3-6-11)10-4-7-13-8;1-7(10)8-4-2-6(9)3-5-8/h3-6,21H,7-12H2,1-2H3;2-5,16H,6-11H2,1H3;1H,2H2;10,12H,2-7H2,1H3;10H,2-5H2,1H3/q;;-1;;. The fourth-order valence-electron chi connectivity index (χ4n) is 10.2. The van der Waals surface area contributed by atoms with Gasteiger partial charge in [-0.2, -0.15) is 15.5 Å². The van der Waals surface area contributed by atoms with Gasteiger partial charge in [-0.3, -0.25) is 25.6 Å². The Balaban J connectivity index is 0.000000195. The first-order valence-electron chi connectivity index (χ1n) is 27.2. The molecule has 5 N–H and O–H groups in total. The smallest absolute Gasteiger partial charge is 0.376 e. The van der Waals surface area contributed by atoms with Gasteiger partial charge in [-0.05, 0) is 146 Å². The number of terminal acetylenes is 1. The minimum Gasteiger partial charge on any atom is -0.437 e. The van der Waals surface area contributed by atoms with Crippen LogP contribution in [0.5, 0.6) is 0 Å². The Bertz CT molecular complexity index is 2970. The Morgan fingerprint density at radius 1 is 0.568 bits per heavy atom. The zero-order valence-corrected chi connectivity index (χ0v) is 48.8. The molecule has 0 bridgehead atoms. The Kier molecular flexibility index (Phi) is 25.8. The summed E-state index contributed by atoms with van der Waals surface area (Å²) in [4.78, 5) is 39.7. The van der Waals surface area contributed by atoms with Gasteiger partial charge in [-0.1, -0.05) is 24.3 Å². The lowest BCUT2D eigenvalue weighted by atomic mass is 9.81. The fraction of sp³-hybridized carbons (Fsp3) is 0.536. The molecule has 0 aliphatic carbocycles. The van der Waals surface area contributed by atoms with Crippen LogP contribution in [-0.2, 0) is 39.1 Å². The van der Waals surface area contributed by atoms with Crippen LogP contribution in [0.15, 0.2) is 58.3 Å². The topological polar surface area (TPSA) is 248 Å². The molecule has 25 heteroatoms. The molecule has 2 aromatic rings. The van der Waals surface area contributed by atoms with E-state index in [1.807, 2.05) is 16.4 Å². The number of Topliss-reactive ketones (excluding diaryl/α,β-unsaturated/α-hetero) is 3. The van der Waals surface area contributed by atoms with Crippen LogP contribution in [0.4, 0.5) is 0 Å². The number of piperidine rings is 4. The summed E-state index contributed by atoms with van der Waals surface area (Å²) in [5, 5.41) is 34.8. The van der Waals surface area contributed by atoms with Gasteiger partial charge in [0.05, 0.1) is 29.6 Å². The Hall–Kier alpha value is -5.31. The highest BCUT2D eigenvalue weighted by atomic mass is 32.2. The van der Waals surface area contributed by atoms with E-state index in [0.717, 1.165) is 65.3 Å². The molecular weight excluding hydrogens is 1080 g/mol. The van der Waals surface area contributed by atoms with Crippen molar-refractivity contribution in [2.24, 2.45) is 0 Å². The fourth-order valence-corrected chi connectivity index (χ4v) is 13.7. The van der Waals surface area contributed by atoms with Crippen molar-refractivity contribution in [1.29, 1.82) is 0 Å². The van der Waals surface area contributed by atoms with Crippen LogP contribution in [0.1, 0.15) is 85.9 Å². The van der Waals surface area contributed by atoms with Crippen LogP contribution in [0.3, 0.4) is 0 Å². The Morgan fingerprint density at radius 3 is 1.35 bits per heavy atom. The van der Waals surface area contributed by atoms with Gasteiger partial charge in [0.1, 0.15) is 23.0 Å². The highest BCUT2D eigenvalue weighted by molar-refractivity contribution is 7.89. The van der Waals surface area contributed by atoms with E-state index in [-0.39, 0.29) is 34.1 Å². The Labute approximate surface area is 481 Å².